The molecule has 0 amide bonds. The lowest BCUT2D eigenvalue weighted by molar-refractivity contribution is 0.336. The zero-order chi connectivity index (χ0) is 10.6. The number of hydrogen-bond donors (Lipinski definition) is 1. The fourth-order valence-electron chi connectivity index (χ4n) is 1.06. The van der Waals surface area contributed by atoms with Gasteiger partial charge in [-0.05, 0) is 6.92 Å². The first-order chi connectivity index (χ1) is 6.53. The summed E-state index contributed by atoms with van der Waals surface area (Å²) in [6, 6.07) is 0. The van der Waals surface area contributed by atoms with Gasteiger partial charge in [-0.3, -0.25) is 9.55 Å². The van der Waals surface area contributed by atoms with Gasteiger partial charge in [-0.1, -0.05) is 0 Å². The lowest BCUT2D eigenvalue weighted by atomic mass is 10.5. The van der Waals surface area contributed by atoms with Gasteiger partial charge in [0.2, 0.25) is 7.37 Å². The Balaban J connectivity index is 0.00000196. The fraction of sp³-hybridized carbons (Fsp3) is 0.500. The molecule has 1 rings (SSSR count). The van der Waals surface area contributed by atoms with Gasteiger partial charge in [0, 0.05) is 6.66 Å². The van der Waals surface area contributed by atoms with Crippen molar-refractivity contribution in [3.63, 3.8) is 0 Å². The highest BCUT2D eigenvalue weighted by molar-refractivity contribution is 7.57. The van der Waals surface area contributed by atoms with E-state index >= 15 is 0 Å². The first kappa shape index (κ1) is 14.4. The third-order valence-corrected chi connectivity index (χ3v) is 3.28. The summed E-state index contributed by atoms with van der Waals surface area (Å²) >= 11 is 0. The number of hydrogen-bond acceptors (Lipinski definition) is 5. The van der Waals surface area contributed by atoms with E-state index in [0.29, 0.717) is 24.3 Å². The van der Waals surface area contributed by atoms with Gasteiger partial charge in [-0.25, -0.2) is 4.98 Å². The second-order valence-electron chi connectivity index (χ2n) is 3.02. The maximum atomic E-state index is 11.7. The Morgan fingerprint density at radius 3 is 2.60 bits per heavy atom. The van der Waals surface area contributed by atoms with Crippen LogP contribution in [0.2, 0.25) is 0 Å². The largest absolute Gasteiger partial charge is 0.382 e. The number of halogens is 1. The summed E-state index contributed by atoms with van der Waals surface area (Å²) in [5.41, 5.74) is 6.01. The van der Waals surface area contributed by atoms with Crippen molar-refractivity contribution in [3.05, 3.63) is 18.1 Å². The predicted octanol–water partition coefficient (Wildman–Crippen LogP) is 1.93. The third kappa shape index (κ3) is 5.11. The van der Waals surface area contributed by atoms with Crippen molar-refractivity contribution in [2.75, 3.05) is 19.0 Å². The molecule has 0 spiro atoms. The highest BCUT2D eigenvalue weighted by Crippen LogP contribution is 2.45. The molecule has 7 heteroatoms. The number of rotatable bonds is 4. The minimum absolute atomic E-state index is 0. The molecule has 5 nitrogen and oxygen atoms in total. The average molecular weight is 252 g/mol. The number of nitrogen functional groups attached to an aromatic ring is 1. The number of anilines is 1. The van der Waals surface area contributed by atoms with Crippen molar-refractivity contribution in [3.8, 4) is 0 Å². The molecule has 15 heavy (non-hydrogen) atoms. The lowest BCUT2D eigenvalue weighted by Crippen LogP contribution is -1.98. The van der Waals surface area contributed by atoms with Crippen LogP contribution in [0.3, 0.4) is 0 Å². The fourth-order valence-corrected chi connectivity index (χ4v) is 2.45. The maximum absolute atomic E-state index is 11.7. The van der Waals surface area contributed by atoms with E-state index in [2.05, 4.69) is 9.97 Å². The van der Waals surface area contributed by atoms with Gasteiger partial charge in [0.1, 0.15) is 5.82 Å². The third-order valence-electron chi connectivity index (χ3n) is 1.58. The summed E-state index contributed by atoms with van der Waals surface area (Å²) in [6.07, 6.45) is 3.26. The molecule has 1 unspecified atom stereocenters. The first-order valence-corrected chi connectivity index (χ1v) is 6.56. The molecule has 1 heterocycles. The van der Waals surface area contributed by atoms with Crippen LogP contribution < -0.4 is 5.73 Å². The van der Waals surface area contributed by atoms with E-state index in [1.54, 1.807) is 6.66 Å². The zero-order valence-electron chi connectivity index (χ0n) is 8.71. The molecule has 0 saturated heterocycles. The molecular weight excluding hydrogens is 237 g/mol. The summed E-state index contributed by atoms with van der Waals surface area (Å²) in [7, 11) is -2.57. The molecule has 1 aromatic rings. The SMILES string of the molecule is CCOP(C)(=O)Cc1cnc(N)cn1.Cl. The van der Waals surface area contributed by atoms with Crippen LogP contribution in [0.5, 0.6) is 0 Å². The molecule has 86 valence electrons. The van der Waals surface area contributed by atoms with Gasteiger partial charge in [0.15, 0.2) is 0 Å². The van der Waals surface area contributed by atoms with Crippen molar-refractivity contribution >= 4 is 25.6 Å². The van der Waals surface area contributed by atoms with Gasteiger partial charge in [-0.2, -0.15) is 0 Å². The van der Waals surface area contributed by atoms with Gasteiger partial charge in [0.05, 0.1) is 30.9 Å². The van der Waals surface area contributed by atoms with Gasteiger partial charge in [-0.15, -0.1) is 12.4 Å². The number of nitrogens with zero attached hydrogens (tertiary/aromatic N) is 2. The van der Waals surface area contributed by atoms with E-state index in [1.165, 1.54) is 12.4 Å². The minimum Gasteiger partial charge on any atom is -0.382 e. The first-order valence-electron chi connectivity index (χ1n) is 4.31. The highest BCUT2D eigenvalue weighted by atomic mass is 35.5. The van der Waals surface area contributed by atoms with Crippen LogP contribution in [0.25, 0.3) is 0 Å². The Kier molecular flexibility index (Phi) is 5.80. The Morgan fingerprint density at radius 2 is 2.13 bits per heavy atom. The van der Waals surface area contributed by atoms with E-state index in [9.17, 15) is 4.57 Å². The monoisotopic (exact) mass is 251 g/mol. The molecule has 0 bridgehead atoms. The second kappa shape index (κ2) is 6.05. The van der Waals surface area contributed by atoms with Crippen LogP contribution in [0.15, 0.2) is 12.4 Å². The van der Waals surface area contributed by atoms with Crippen molar-refractivity contribution in [1.29, 1.82) is 0 Å². The highest BCUT2D eigenvalue weighted by Gasteiger charge is 2.16. The molecule has 0 fully saturated rings. The van der Waals surface area contributed by atoms with Crippen molar-refractivity contribution < 1.29 is 9.09 Å². The van der Waals surface area contributed by atoms with E-state index in [1.807, 2.05) is 6.92 Å². The summed E-state index contributed by atoms with van der Waals surface area (Å²) in [6.45, 7) is 3.84. The smallest absolute Gasteiger partial charge is 0.206 e. The molecule has 2 N–H and O–H groups in total. The molecule has 1 atom stereocenters. The van der Waals surface area contributed by atoms with Crippen LogP contribution in [0.4, 0.5) is 5.82 Å². The normalized spacial score (nSPS) is 14.0. The summed E-state index contributed by atoms with van der Waals surface area (Å²) in [4.78, 5) is 7.87. The van der Waals surface area contributed by atoms with E-state index in [-0.39, 0.29) is 12.4 Å². The van der Waals surface area contributed by atoms with Crippen molar-refractivity contribution in [2.45, 2.75) is 13.1 Å². The Morgan fingerprint density at radius 1 is 1.47 bits per heavy atom. The van der Waals surface area contributed by atoms with Crippen molar-refractivity contribution in [2.24, 2.45) is 0 Å². The number of aromatic nitrogens is 2. The van der Waals surface area contributed by atoms with Crippen LogP contribution >= 0.6 is 19.8 Å². The predicted molar refractivity (Wildman–Crippen MR) is 62.6 cm³/mol. The van der Waals surface area contributed by atoms with E-state index in [0.717, 1.165) is 0 Å². The van der Waals surface area contributed by atoms with Crippen LogP contribution in [-0.2, 0) is 15.3 Å². The Labute approximate surface area is 95.3 Å². The minimum atomic E-state index is -2.57. The molecule has 0 aliphatic carbocycles. The topological polar surface area (TPSA) is 78.1 Å². The van der Waals surface area contributed by atoms with E-state index < -0.39 is 7.37 Å². The molecule has 0 saturated carbocycles. The summed E-state index contributed by atoms with van der Waals surface area (Å²) < 4.78 is 16.9. The quantitative estimate of drug-likeness (QED) is 0.827. The molecular formula is C8H15ClN3O2P. The van der Waals surface area contributed by atoms with Gasteiger partial charge in [0.25, 0.3) is 0 Å². The summed E-state index contributed by atoms with van der Waals surface area (Å²) in [5.74, 6) is 0.357. The molecule has 0 aromatic carbocycles. The van der Waals surface area contributed by atoms with E-state index in [4.69, 9.17) is 10.3 Å². The van der Waals surface area contributed by atoms with Crippen LogP contribution in [0.1, 0.15) is 12.6 Å². The molecule has 1 aromatic heterocycles. The average Bonchev–Trinajstić information content (AvgIpc) is 2.08. The van der Waals surface area contributed by atoms with Gasteiger partial charge < -0.3 is 10.3 Å². The Bertz CT molecular complexity index is 344. The van der Waals surface area contributed by atoms with Crippen LogP contribution in [-0.4, -0.2) is 23.2 Å². The molecule has 0 radical (unpaired) electrons. The zero-order valence-corrected chi connectivity index (χ0v) is 10.4. The second-order valence-corrected chi connectivity index (χ2v) is 5.63. The van der Waals surface area contributed by atoms with Gasteiger partial charge >= 0.3 is 0 Å². The van der Waals surface area contributed by atoms with Crippen LogP contribution in [0, 0.1) is 0 Å². The molecule has 0 aliphatic heterocycles. The maximum Gasteiger partial charge on any atom is 0.206 e. The number of nitrogens with two attached hydrogens (primary N) is 1. The Hall–Kier alpha value is -0.640. The van der Waals surface area contributed by atoms with Crippen molar-refractivity contribution in [1.82, 2.24) is 9.97 Å². The summed E-state index contributed by atoms with van der Waals surface area (Å²) in [5, 5.41) is 0. The lowest BCUT2D eigenvalue weighted by Gasteiger charge is -2.11. The molecule has 0 aliphatic rings. The standard InChI is InChI=1S/C8H14N3O2P.ClH/c1-3-13-14(2,12)6-7-4-11-8(9)5-10-7;/h4-5H,3,6H2,1-2H3,(H2,9,11);1H.